The Labute approximate surface area is 140 Å². The highest BCUT2D eigenvalue weighted by Crippen LogP contribution is 2.11. The third-order valence-corrected chi connectivity index (χ3v) is 4.16. The summed E-state index contributed by atoms with van der Waals surface area (Å²) >= 11 is 0. The van der Waals surface area contributed by atoms with Gasteiger partial charge in [0.15, 0.2) is 0 Å². The highest BCUT2D eigenvalue weighted by atomic mass is 16.2. The van der Waals surface area contributed by atoms with Crippen LogP contribution in [0.2, 0.25) is 0 Å². The Hall–Kier alpha value is -2.41. The minimum Gasteiger partial charge on any atom is -0.351 e. The van der Waals surface area contributed by atoms with Crippen molar-refractivity contribution < 1.29 is 4.79 Å². The molecule has 0 aliphatic rings. The zero-order valence-electron chi connectivity index (χ0n) is 14.4. The quantitative estimate of drug-likeness (QED) is 0.734. The number of rotatable bonds is 7. The van der Waals surface area contributed by atoms with Crippen LogP contribution in [0.5, 0.6) is 0 Å². The fraction of sp³-hybridized carbons (Fsp3) is 0.471. The van der Waals surface area contributed by atoms with Crippen LogP contribution in [-0.2, 0) is 6.54 Å². The molecule has 0 spiro atoms. The van der Waals surface area contributed by atoms with E-state index in [0.29, 0.717) is 29.7 Å². The standard InChI is InChI=1S/C17H24N4O3/c1-4-20(5-2)10-9-18-15(22)12-7-8-14-13(11-12)19-16(23)17(24)21(14)6-3/h7-8,11H,4-6,9-10H2,1-3H3,(H,18,22)(H,19,23). The summed E-state index contributed by atoms with van der Waals surface area (Å²) in [6, 6.07) is 4.96. The number of hydrogen-bond acceptors (Lipinski definition) is 4. The molecule has 0 aliphatic heterocycles. The van der Waals surface area contributed by atoms with E-state index < -0.39 is 11.1 Å². The van der Waals surface area contributed by atoms with Gasteiger partial charge in [0.2, 0.25) is 0 Å². The van der Waals surface area contributed by atoms with Crippen molar-refractivity contribution in [2.75, 3.05) is 26.2 Å². The summed E-state index contributed by atoms with van der Waals surface area (Å²) in [7, 11) is 0. The van der Waals surface area contributed by atoms with Gasteiger partial charge in [-0.1, -0.05) is 13.8 Å². The van der Waals surface area contributed by atoms with E-state index in [-0.39, 0.29) is 5.91 Å². The van der Waals surface area contributed by atoms with E-state index in [1.165, 1.54) is 4.57 Å². The predicted molar refractivity (Wildman–Crippen MR) is 94.6 cm³/mol. The van der Waals surface area contributed by atoms with Gasteiger partial charge in [0, 0.05) is 25.2 Å². The number of carbonyl (C=O) groups excluding carboxylic acids is 1. The maximum atomic E-state index is 12.3. The van der Waals surface area contributed by atoms with Crippen molar-refractivity contribution in [1.82, 2.24) is 19.8 Å². The number of carbonyl (C=O) groups is 1. The van der Waals surface area contributed by atoms with Crippen LogP contribution in [0.1, 0.15) is 31.1 Å². The zero-order chi connectivity index (χ0) is 17.7. The number of benzene rings is 1. The normalized spacial score (nSPS) is 11.2. The number of aryl methyl sites for hydroxylation is 1. The van der Waals surface area contributed by atoms with Crippen LogP contribution in [0.3, 0.4) is 0 Å². The van der Waals surface area contributed by atoms with Crippen LogP contribution in [-0.4, -0.2) is 46.5 Å². The molecule has 130 valence electrons. The molecule has 0 fully saturated rings. The molecule has 1 aromatic heterocycles. The molecule has 2 aromatic rings. The summed E-state index contributed by atoms with van der Waals surface area (Å²) in [5, 5.41) is 2.88. The first kappa shape index (κ1) is 17.9. The summed E-state index contributed by atoms with van der Waals surface area (Å²) < 4.78 is 1.40. The maximum Gasteiger partial charge on any atom is 0.316 e. The molecular formula is C17H24N4O3. The Balaban J connectivity index is 2.21. The Morgan fingerprint density at radius 2 is 1.92 bits per heavy atom. The molecule has 2 rings (SSSR count). The van der Waals surface area contributed by atoms with Crippen molar-refractivity contribution in [2.45, 2.75) is 27.3 Å². The van der Waals surface area contributed by atoms with Crippen molar-refractivity contribution in [1.29, 1.82) is 0 Å². The lowest BCUT2D eigenvalue weighted by atomic mass is 10.1. The number of aromatic amines is 1. The average Bonchev–Trinajstić information content (AvgIpc) is 2.59. The molecule has 7 nitrogen and oxygen atoms in total. The van der Waals surface area contributed by atoms with E-state index in [0.717, 1.165) is 19.6 Å². The topological polar surface area (TPSA) is 87.2 Å². The summed E-state index contributed by atoms with van der Waals surface area (Å²) in [6.45, 7) is 9.59. The predicted octanol–water partition coefficient (Wildman–Crippen LogP) is 0.781. The van der Waals surface area contributed by atoms with E-state index in [1.54, 1.807) is 25.1 Å². The molecule has 0 atom stereocenters. The Morgan fingerprint density at radius 1 is 1.21 bits per heavy atom. The fourth-order valence-electron chi connectivity index (χ4n) is 2.70. The lowest BCUT2D eigenvalue weighted by Gasteiger charge is -2.18. The molecule has 24 heavy (non-hydrogen) atoms. The lowest BCUT2D eigenvalue weighted by molar-refractivity contribution is 0.0949. The first-order chi connectivity index (χ1) is 11.5. The van der Waals surface area contributed by atoms with E-state index in [9.17, 15) is 14.4 Å². The number of fused-ring (bicyclic) bond motifs is 1. The molecule has 7 heteroatoms. The average molecular weight is 332 g/mol. The molecular weight excluding hydrogens is 308 g/mol. The SMILES string of the molecule is CCN(CC)CCNC(=O)c1ccc2c(c1)[nH]c(=O)c(=O)n2CC. The third-order valence-electron chi connectivity index (χ3n) is 4.16. The summed E-state index contributed by atoms with van der Waals surface area (Å²) in [5.41, 5.74) is 0.295. The molecule has 0 radical (unpaired) electrons. The van der Waals surface area contributed by atoms with Crippen LogP contribution in [0, 0.1) is 0 Å². The van der Waals surface area contributed by atoms with Crippen molar-refractivity contribution in [3.63, 3.8) is 0 Å². The van der Waals surface area contributed by atoms with Gasteiger partial charge in [-0.25, -0.2) is 0 Å². The molecule has 1 aromatic carbocycles. The van der Waals surface area contributed by atoms with Gasteiger partial charge in [-0.05, 0) is 38.2 Å². The Bertz CT molecular complexity index is 834. The smallest absolute Gasteiger partial charge is 0.316 e. The Morgan fingerprint density at radius 3 is 2.54 bits per heavy atom. The first-order valence-corrected chi connectivity index (χ1v) is 8.29. The molecule has 0 unspecified atom stereocenters. The molecule has 0 bridgehead atoms. The van der Waals surface area contributed by atoms with Gasteiger partial charge in [0.25, 0.3) is 5.91 Å². The number of hydrogen-bond donors (Lipinski definition) is 2. The number of nitrogens with zero attached hydrogens (tertiary/aromatic N) is 2. The van der Waals surface area contributed by atoms with E-state index in [1.807, 2.05) is 0 Å². The van der Waals surface area contributed by atoms with E-state index >= 15 is 0 Å². The summed E-state index contributed by atoms with van der Waals surface area (Å²) in [5.74, 6) is -0.195. The van der Waals surface area contributed by atoms with Gasteiger partial charge in [0.05, 0.1) is 11.0 Å². The number of H-pyrrole nitrogens is 1. The summed E-state index contributed by atoms with van der Waals surface area (Å²) in [4.78, 5) is 40.6. The number of amides is 1. The van der Waals surface area contributed by atoms with Crippen molar-refractivity contribution in [3.8, 4) is 0 Å². The molecule has 2 N–H and O–H groups in total. The van der Waals surface area contributed by atoms with Crippen LogP contribution in [0.4, 0.5) is 0 Å². The molecule has 0 aliphatic carbocycles. The second-order valence-electron chi connectivity index (χ2n) is 5.52. The number of nitrogens with one attached hydrogen (secondary N) is 2. The second kappa shape index (κ2) is 7.92. The third kappa shape index (κ3) is 3.73. The van der Waals surface area contributed by atoms with Gasteiger partial charge in [0.1, 0.15) is 0 Å². The second-order valence-corrected chi connectivity index (χ2v) is 5.52. The largest absolute Gasteiger partial charge is 0.351 e. The molecule has 0 saturated heterocycles. The van der Waals surface area contributed by atoms with Gasteiger partial charge < -0.3 is 19.8 Å². The van der Waals surface area contributed by atoms with Gasteiger partial charge in [-0.2, -0.15) is 0 Å². The number of aromatic nitrogens is 2. The maximum absolute atomic E-state index is 12.3. The highest BCUT2D eigenvalue weighted by Gasteiger charge is 2.10. The van der Waals surface area contributed by atoms with Crippen molar-refractivity contribution in [2.24, 2.45) is 0 Å². The van der Waals surface area contributed by atoms with Crippen molar-refractivity contribution >= 4 is 16.9 Å². The van der Waals surface area contributed by atoms with Gasteiger partial charge in [-0.3, -0.25) is 14.4 Å². The highest BCUT2D eigenvalue weighted by molar-refractivity contribution is 5.97. The molecule has 1 heterocycles. The van der Waals surface area contributed by atoms with Crippen molar-refractivity contribution in [3.05, 3.63) is 44.5 Å². The summed E-state index contributed by atoms with van der Waals surface area (Å²) in [6.07, 6.45) is 0. The number of likely N-dealkylation sites (N-methyl/N-ethyl adjacent to an activating group) is 1. The Kier molecular flexibility index (Phi) is 5.92. The zero-order valence-corrected chi connectivity index (χ0v) is 14.4. The van der Waals surface area contributed by atoms with Crippen LogP contribution in [0.15, 0.2) is 27.8 Å². The fourth-order valence-corrected chi connectivity index (χ4v) is 2.70. The molecule has 0 saturated carbocycles. The lowest BCUT2D eigenvalue weighted by Crippen LogP contribution is -2.36. The van der Waals surface area contributed by atoms with Gasteiger partial charge in [-0.15, -0.1) is 0 Å². The first-order valence-electron chi connectivity index (χ1n) is 8.29. The van der Waals surface area contributed by atoms with E-state index in [2.05, 4.69) is 29.0 Å². The van der Waals surface area contributed by atoms with Crippen LogP contribution < -0.4 is 16.4 Å². The molecule has 1 amide bonds. The minimum atomic E-state index is -0.677. The van der Waals surface area contributed by atoms with Gasteiger partial charge >= 0.3 is 11.1 Å². The monoisotopic (exact) mass is 332 g/mol. The van der Waals surface area contributed by atoms with E-state index in [4.69, 9.17) is 0 Å². The van der Waals surface area contributed by atoms with Crippen LogP contribution >= 0.6 is 0 Å². The minimum absolute atomic E-state index is 0.195. The van der Waals surface area contributed by atoms with Crippen LogP contribution in [0.25, 0.3) is 11.0 Å².